The van der Waals surface area contributed by atoms with Gasteiger partial charge in [-0.15, -0.1) is 0 Å². The van der Waals surface area contributed by atoms with E-state index in [0.29, 0.717) is 58.9 Å². The number of nitrogens with one attached hydrogen (secondary N) is 2. The van der Waals surface area contributed by atoms with Crippen LogP contribution in [0.5, 0.6) is 0 Å². The average molecular weight is 463 g/mol. The molecule has 0 radical (unpaired) electrons. The van der Waals surface area contributed by atoms with Crippen LogP contribution < -0.4 is 10.6 Å². The van der Waals surface area contributed by atoms with E-state index in [9.17, 15) is 9.59 Å². The molecule has 1 unspecified atom stereocenters. The molecule has 31 heavy (non-hydrogen) atoms. The van der Waals surface area contributed by atoms with Crippen molar-refractivity contribution in [2.45, 2.75) is 105 Å². The van der Waals surface area contributed by atoms with E-state index in [2.05, 4.69) is 48.0 Å². The number of unbranched alkanes of at least 4 members (excludes halogenated alkanes) is 2. The number of aliphatic imine (C=N–C) groups is 1. The summed E-state index contributed by atoms with van der Waals surface area (Å²) in [5.74, 6) is -0.192. The van der Waals surface area contributed by atoms with Crippen LogP contribution in [0.2, 0.25) is 0 Å². The number of rotatable bonds is 18. The second-order valence-corrected chi connectivity index (χ2v) is 9.12. The van der Waals surface area contributed by atoms with Crippen LogP contribution in [-0.2, 0) is 18.6 Å². The lowest BCUT2D eigenvalue weighted by Crippen LogP contribution is -2.42. The molecular weight excluding hydrogens is 415 g/mol. The minimum atomic E-state index is -1.51. The summed E-state index contributed by atoms with van der Waals surface area (Å²) in [5, 5.41) is 5.78. The van der Waals surface area contributed by atoms with Gasteiger partial charge in [0, 0.05) is 47.3 Å². The number of hydrogen-bond acceptors (Lipinski definition) is 6. The molecule has 9 heteroatoms. The van der Waals surface area contributed by atoms with E-state index in [0.717, 1.165) is 0 Å². The molecule has 0 rings (SSSR count). The van der Waals surface area contributed by atoms with Gasteiger partial charge in [0.25, 0.3) is 0 Å². The van der Waals surface area contributed by atoms with Crippen LogP contribution in [-0.4, -0.2) is 60.7 Å². The van der Waals surface area contributed by atoms with Gasteiger partial charge >= 0.3 is 8.53 Å². The second kappa shape index (κ2) is 18.3. The predicted molar refractivity (Wildman–Crippen MR) is 129 cm³/mol. The highest BCUT2D eigenvalue weighted by atomic mass is 31.2. The lowest BCUT2D eigenvalue weighted by molar-refractivity contribution is -0.121. The fourth-order valence-electron chi connectivity index (χ4n) is 2.73. The first-order valence-electron chi connectivity index (χ1n) is 12.7. The summed E-state index contributed by atoms with van der Waals surface area (Å²) >= 11 is 0. The topological polar surface area (TPSA) is 92.3 Å². The standard InChI is InChI=1S/C22H45N4O4P/c1-8-11-13-21(27)24-15-20(16-25-22(28)14-12-9-2)30-31(29-17-23-10-3)26(18(4)5)19(6)7/h17-20H,8-16H2,1-7H3,(H,24,27)(H,25,28)/i1D,2D. The molecule has 0 saturated heterocycles. The Hall–Kier alpha value is -1.24. The molecule has 8 nitrogen and oxygen atoms in total. The van der Waals surface area contributed by atoms with E-state index < -0.39 is 14.6 Å². The Kier molecular flexibility index (Phi) is 15.4. The summed E-state index contributed by atoms with van der Waals surface area (Å²) in [6, 6.07) is 0.316. The number of carbonyl (C=O) groups excluding carboxylic acids is 2. The van der Waals surface area contributed by atoms with Gasteiger partial charge in [0.05, 0.1) is 0 Å². The lowest BCUT2D eigenvalue weighted by atomic mass is 10.2. The van der Waals surface area contributed by atoms with Crippen LogP contribution in [0.25, 0.3) is 0 Å². The van der Waals surface area contributed by atoms with Crippen molar-refractivity contribution in [2.75, 3.05) is 19.6 Å². The van der Waals surface area contributed by atoms with Crippen LogP contribution in [0.3, 0.4) is 0 Å². The van der Waals surface area contributed by atoms with E-state index in [-0.39, 0.29) is 37.0 Å². The SMILES string of the molecule is [2H]CCCCC(=O)NCC(CNC(=O)CCCC[2H])OP(OC=NCC)N(C(C)C)C(C)C. The summed E-state index contributed by atoms with van der Waals surface area (Å²) in [4.78, 5) is 28.5. The molecule has 0 saturated carbocycles. The maximum atomic E-state index is 12.2. The quantitative estimate of drug-likeness (QED) is 0.136. The molecule has 2 amide bonds. The number of hydrogen-bond donors (Lipinski definition) is 2. The Morgan fingerprint density at radius 2 is 1.55 bits per heavy atom. The van der Waals surface area contributed by atoms with Gasteiger partial charge in [-0.05, 0) is 47.5 Å². The Balaban J connectivity index is 5.26. The third-order valence-corrected chi connectivity index (χ3v) is 6.30. The summed E-state index contributed by atoms with van der Waals surface area (Å²) < 4.78 is 28.7. The van der Waals surface area contributed by atoms with Crippen molar-refractivity contribution in [3.05, 3.63) is 0 Å². The summed E-state index contributed by atoms with van der Waals surface area (Å²) in [6.45, 7) is 11.9. The maximum absolute atomic E-state index is 12.2. The van der Waals surface area contributed by atoms with Gasteiger partial charge in [-0.1, -0.05) is 26.6 Å². The smallest absolute Gasteiger partial charge is 0.322 e. The number of amides is 2. The van der Waals surface area contributed by atoms with E-state index in [1.165, 1.54) is 6.40 Å². The molecule has 0 aliphatic rings. The fraction of sp³-hybridized carbons (Fsp3) is 0.864. The molecule has 0 bridgehead atoms. The highest BCUT2D eigenvalue weighted by molar-refractivity contribution is 7.45. The van der Waals surface area contributed by atoms with Crippen LogP contribution in [0.1, 0.15) is 89.7 Å². The first-order valence-corrected chi connectivity index (χ1v) is 12.4. The summed E-state index contributed by atoms with van der Waals surface area (Å²) in [6.07, 6.45) is 4.39. The zero-order valence-corrected chi connectivity index (χ0v) is 21.0. The highest BCUT2D eigenvalue weighted by Crippen LogP contribution is 2.46. The van der Waals surface area contributed by atoms with Crippen LogP contribution >= 0.6 is 8.53 Å². The largest absolute Gasteiger partial charge is 0.425 e. The summed E-state index contributed by atoms with van der Waals surface area (Å²) in [5.41, 5.74) is 0. The highest BCUT2D eigenvalue weighted by Gasteiger charge is 2.31. The van der Waals surface area contributed by atoms with E-state index in [1.54, 1.807) is 0 Å². The normalized spacial score (nSPS) is 13.7. The van der Waals surface area contributed by atoms with Crippen LogP contribution in [0, 0.1) is 0 Å². The Morgan fingerprint density at radius 3 is 1.97 bits per heavy atom. The molecule has 0 aliphatic heterocycles. The molecular formula is C22H45N4O4P. The van der Waals surface area contributed by atoms with E-state index in [4.69, 9.17) is 11.8 Å². The van der Waals surface area contributed by atoms with Crippen molar-refractivity contribution >= 4 is 26.7 Å². The molecule has 0 aliphatic carbocycles. The Labute approximate surface area is 193 Å². The van der Waals surface area contributed by atoms with Crippen molar-refractivity contribution in [1.82, 2.24) is 15.3 Å². The van der Waals surface area contributed by atoms with E-state index in [1.807, 2.05) is 6.92 Å². The zero-order valence-electron chi connectivity index (χ0n) is 22.1. The molecule has 182 valence electrons. The molecule has 0 spiro atoms. The molecule has 0 fully saturated rings. The third-order valence-electron chi connectivity index (χ3n) is 4.24. The lowest BCUT2D eigenvalue weighted by Gasteiger charge is -2.36. The fourth-order valence-corrected chi connectivity index (χ4v) is 4.31. The molecule has 0 aromatic rings. The number of carbonyl (C=O) groups is 2. The van der Waals surface area contributed by atoms with Gasteiger partial charge in [0.2, 0.25) is 11.8 Å². The molecule has 0 aromatic heterocycles. The molecule has 2 N–H and O–H groups in total. The number of nitrogens with zero attached hydrogens (tertiary/aromatic N) is 2. The van der Waals surface area contributed by atoms with Crippen LogP contribution in [0.15, 0.2) is 4.99 Å². The van der Waals surface area contributed by atoms with Crippen molar-refractivity contribution in [2.24, 2.45) is 4.99 Å². The molecule has 1 atom stereocenters. The van der Waals surface area contributed by atoms with Gasteiger partial charge in [0.1, 0.15) is 6.10 Å². The minimum absolute atomic E-state index is 0.0961. The van der Waals surface area contributed by atoms with Gasteiger partial charge in [0.15, 0.2) is 6.40 Å². The maximum Gasteiger partial charge on any atom is 0.322 e. The minimum Gasteiger partial charge on any atom is -0.425 e. The zero-order chi connectivity index (χ0) is 25.1. The monoisotopic (exact) mass is 462 g/mol. The van der Waals surface area contributed by atoms with Crippen molar-refractivity contribution in [3.63, 3.8) is 0 Å². The van der Waals surface area contributed by atoms with Gasteiger partial charge in [-0.2, -0.15) is 0 Å². The van der Waals surface area contributed by atoms with Crippen molar-refractivity contribution in [1.29, 1.82) is 0 Å². The average Bonchev–Trinajstić information content (AvgIpc) is 2.75. The van der Waals surface area contributed by atoms with E-state index >= 15 is 0 Å². The first-order chi connectivity index (χ1) is 15.8. The third kappa shape index (κ3) is 14.4. The van der Waals surface area contributed by atoms with Gasteiger partial charge < -0.3 is 19.7 Å². The predicted octanol–water partition coefficient (Wildman–Crippen LogP) is 4.39. The summed E-state index contributed by atoms with van der Waals surface area (Å²) in [7, 11) is -1.51. The Bertz CT molecular complexity index is 522. The van der Waals surface area contributed by atoms with Crippen LogP contribution in [0.4, 0.5) is 0 Å². The second-order valence-electron chi connectivity index (χ2n) is 7.76. The first kappa shape index (κ1) is 26.0. The van der Waals surface area contributed by atoms with Crippen molar-refractivity contribution < 1.29 is 21.4 Å². The molecule has 0 aromatic carbocycles. The van der Waals surface area contributed by atoms with Gasteiger partial charge in [-0.3, -0.25) is 14.6 Å². The van der Waals surface area contributed by atoms with Gasteiger partial charge in [-0.25, -0.2) is 4.67 Å². The Morgan fingerprint density at radius 1 is 1.03 bits per heavy atom. The van der Waals surface area contributed by atoms with Crippen molar-refractivity contribution in [3.8, 4) is 0 Å². The molecule has 0 heterocycles.